The highest BCUT2D eigenvalue weighted by Gasteiger charge is 2.38. The molecule has 100 heavy (non-hydrogen) atoms. The van der Waals surface area contributed by atoms with Crippen LogP contribution in [0.25, 0.3) is 0 Å². The molecule has 0 fully saturated rings. The molecule has 15 rings (SSSR count). The van der Waals surface area contributed by atoms with E-state index >= 15 is 0 Å². The number of aryl methyl sites for hydroxylation is 1. The Hall–Kier alpha value is -11.2. The standard InChI is InChI=1S/C24H19NO5.C23H22O6S.C16H17NO3.C16H16O4/c26-23-19-8-4-5-9-20(19)24(27)25(23)13-18-15-29-21-11-10-17(12-22(21)30-18)28-14-16-6-2-1-3-7-16;1-17-7-10-21(11-8-17)30(24,25)28-16-20-15-27-22-12-9-19(13-23(22)29-20)26-14-18-5-3-2-4-6-18;2*17-9-14-11-19-15-7-6-13(8-16(15)20-14)18-10-12-4-2-1-3-5-12/h1-12,18H,13-15H2;2-13,20H,14-16H2,1H3;1-8,14H,9-11,17H2;1-8,14,17H,9-11H2/t18-;20-;2*14-/m1011/s1. The zero-order valence-corrected chi connectivity index (χ0v) is 55.5. The van der Waals surface area contributed by atoms with Crippen molar-refractivity contribution in [1.29, 1.82) is 0 Å². The van der Waals surface area contributed by atoms with Crippen LogP contribution in [0.5, 0.6) is 69.0 Å². The van der Waals surface area contributed by atoms with E-state index in [0.29, 0.717) is 109 Å². The highest BCUT2D eigenvalue weighted by Crippen LogP contribution is 2.40. The van der Waals surface area contributed by atoms with Gasteiger partial charge in [0.25, 0.3) is 21.9 Å². The molecule has 21 heteroatoms. The maximum absolute atomic E-state index is 12.6. The van der Waals surface area contributed by atoms with Crippen LogP contribution in [0.3, 0.4) is 0 Å². The Kier molecular flexibility index (Phi) is 22.9. The van der Waals surface area contributed by atoms with Gasteiger partial charge in [0.15, 0.2) is 64.3 Å². The number of aliphatic hydroxyl groups excluding tert-OH is 1. The fourth-order valence-corrected chi connectivity index (χ4v) is 11.6. The predicted molar refractivity (Wildman–Crippen MR) is 371 cm³/mol. The molecule has 20 nitrogen and oxygen atoms in total. The molecule has 10 aromatic rings. The third-order valence-corrected chi connectivity index (χ3v) is 17.3. The van der Waals surface area contributed by atoms with Crippen LogP contribution in [0.15, 0.2) is 248 Å². The van der Waals surface area contributed by atoms with E-state index in [1.54, 1.807) is 66.7 Å². The van der Waals surface area contributed by atoms with Gasteiger partial charge in [-0.25, -0.2) is 0 Å². The number of nitrogens with two attached hydrogens (primary N) is 1. The number of fused-ring (bicyclic) bond motifs is 5. The SMILES string of the molecule is Cc1ccc(S(=O)(=O)OC[C@@H]2COc3ccc(OCc4ccccc4)cc3O2)cc1.NC[C@@H]1COc2ccc(OCc3ccccc3)cc2O1.O=C1c2ccccc2C(=O)N1C[C@@H]1COc2ccc(OCc3ccccc3)cc2O1.OC[C@@H]1COc2ccc(OCc3ccccc3)cc2O1. The van der Waals surface area contributed by atoms with Crippen LogP contribution < -0.4 is 62.6 Å². The molecule has 0 bridgehead atoms. The van der Waals surface area contributed by atoms with Crippen molar-refractivity contribution in [3.05, 3.63) is 282 Å². The number of rotatable bonds is 20. The van der Waals surface area contributed by atoms with Gasteiger partial charge >= 0.3 is 0 Å². The fraction of sp³-hybridized carbons (Fsp3) is 0.215. The first-order valence-corrected chi connectivity index (χ1v) is 33.9. The minimum Gasteiger partial charge on any atom is -0.489 e. The Morgan fingerprint density at radius 2 is 0.740 bits per heavy atom. The second-order valence-corrected chi connectivity index (χ2v) is 25.1. The zero-order chi connectivity index (χ0) is 69.1. The number of ether oxygens (including phenoxy) is 12. The molecule has 0 saturated carbocycles. The summed E-state index contributed by atoms with van der Waals surface area (Å²) in [6, 6.07) is 74.8. The van der Waals surface area contributed by atoms with Gasteiger partial charge in [0, 0.05) is 30.8 Å². The molecule has 4 atom stereocenters. The minimum atomic E-state index is -3.86. The van der Waals surface area contributed by atoms with Crippen LogP contribution in [0, 0.1) is 6.92 Å². The van der Waals surface area contributed by atoms with Crippen molar-refractivity contribution in [3.63, 3.8) is 0 Å². The van der Waals surface area contributed by atoms with E-state index < -0.39 is 22.3 Å². The molecule has 0 spiro atoms. The van der Waals surface area contributed by atoms with Crippen LogP contribution in [-0.4, -0.2) is 107 Å². The quantitative estimate of drug-likeness (QED) is 0.0533. The lowest BCUT2D eigenvalue weighted by atomic mass is 10.1. The molecule has 3 N–H and O–H groups in total. The van der Waals surface area contributed by atoms with Crippen molar-refractivity contribution >= 4 is 21.9 Å². The second kappa shape index (κ2) is 33.3. The summed E-state index contributed by atoms with van der Waals surface area (Å²) in [6.07, 6.45) is -1.41. The first kappa shape index (κ1) is 68.7. The summed E-state index contributed by atoms with van der Waals surface area (Å²) in [4.78, 5) is 26.5. The summed E-state index contributed by atoms with van der Waals surface area (Å²) in [7, 11) is -3.86. The topological polar surface area (TPSA) is 238 Å². The van der Waals surface area contributed by atoms with Gasteiger partial charge in [-0.05, 0) is 102 Å². The Bertz CT molecular complexity index is 4320. The van der Waals surface area contributed by atoms with E-state index in [4.69, 9.17) is 71.9 Å². The molecule has 0 saturated heterocycles. The van der Waals surface area contributed by atoms with E-state index in [9.17, 15) is 18.0 Å². The molecule has 10 aromatic carbocycles. The Morgan fingerprint density at radius 1 is 0.410 bits per heavy atom. The van der Waals surface area contributed by atoms with Crippen LogP contribution in [0.2, 0.25) is 0 Å². The number of benzene rings is 10. The molecular formula is C79H74N2O18S. The van der Waals surface area contributed by atoms with Gasteiger partial charge in [-0.1, -0.05) is 151 Å². The highest BCUT2D eigenvalue weighted by atomic mass is 32.2. The number of carbonyl (C=O) groups excluding carboxylic acids is 2. The minimum absolute atomic E-state index is 0.0610. The first-order valence-electron chi connectivity index (χ1n) is 32.5. The molecule has 0 aromatic heterocycles. The average Bonchev–Trinajstić information content (AvgIpc) is 1.63. The lowest BCUT2D eigenvalue weighted by Crippen LogP contribution is -2.43. The summed E-state index contributed by atoms with van der Waals surface area (Å²) in [6.45, 7) is 5.46. The monoisotopic (exact) mass is 1370 g/mol. The van der Waals surface area contributed by atoms with Gasteiger partial charge < -0.3 is 67.7 Å². The summed E-state index contributed by atoms with van der Waals surface area (Å²) >= 11 is 0. The molecule has 514 valence electrons. The van der Waals surface area contributed by atoms with Crippen LogP contribution in [-0.2, 0) is 40.7 Å². The maximum atomic E-state index is 12.6. The smallest absolute Gasteiger partial charge is 0.297 e. The molecule has 5 aliphatic heterocycles. The number of carbonyl (C=O) groups is 2. The Labute approximate surface area is 579 Å². The number of hydrogen-bond acceptors (Lipinski definition) is 19. The summed E-state index contributed by atoms with van der Waals surface area (Å²) in [5, 5.41) is 9.10. The maximum Gasteiger partial charge on any atom is 0.297 e. The largest absolute Gasteiger partial charge is 0.489 e. The van der Waals surface area contributed by atoms with Gasteiger partial charge in [0.2, 0.25) is 0 Å². The molecule has 5 aliphatic rings. The van der Waals surface area contributed by atoms with Crippen LogP contribution in [0.4, 0.5) is 0 Å². The summed E-state index contributed by atoms with van der Waals surface area (Å²) < 4.78 is 98.9. The van der Waals surface area contributed by atoms with Gasteiger partial charge in [0.05, 0.1) is 29.2 Å². The zero-order valence-electron chi connectivity index (χ0n) is 54.7. The van der Waals surface area contributed by atoms with Crippen molar-refractivity contribution < 1.29 is 84.1 Å². The van der Waals surface area contributed by atoms with Gasteiger partial charge in [-0.15, -0.1) is 0 Å². The Morgan fingerprint density at radius 3 is 1.12 bits per heavy atom. The lowest BCUT2D eigenvalue weighted by Gasteiger charge is -2.29. The van der Waals surface area contributed by atoms with Crippen molar-refractivity contribution in [2.75, 3.05) is 52.7 Å². The number of aliphatic hydroxyl groups is 1. The van der Waals surface area contributed by atoms with Crippen LogP contribution >= 0.6 is 0 Å². The number of amides is 2. The van der Waals surface area contributed by atoms with E-state index in [1.807, 2.05) is 171 Å². The van der Waals surface area contributed by atoms with E-state index in [0.717, 1.165) is 45.1 Å². The van der Waals surface area contributed by atoms with Crippen molar-refractivity contribution in [1.82, 2.24) is 4.90 Å². The fourth-order valence-electron chi connectivity index (χ4n) is 10.6. The summed E-state index contributed by atoms with van der Waals surface area (Å²) in [5.74, 6) is 7.11. The van der Waals surface area contributed by atoms with Gasteiger partial charge in [0.1, 0.15) is 88.6 Å². The molecule has 5 heterocycles. The van der Waals surface area contributed by atoms with Gasteiger partial charge in [-0.2, -0.15) is 8.42 Å². The number of imide groups is 1. The molecule has 2 amide bonds. The molecule has 0 radical (unpaired) electrons. The van der Waals surface area contributed by atoms with Gasteiger partial charge in [-0.3, -0.25) is 18.7 Å². The van der Waals surface area contributed by atoms with E-state index in [-0.39, 0.29) is 61.9 Å². The normalized spacial score (nSPS) is 16.5. The summed E-state index contributed by atoms with van der Waals surface area (Å²) in [5.41, 5.74) is 11.8. The highest BCUT2D eigenvalue weighted by molar-refractivity contribution is 7.86. The second-order valence-electron chi connectivity index (χ2n) is 23.5. The third kappa shape index (κ3) is 18.5. The molecule has 0 unspecified atom stereocenters. The van der Waals surface area contributed by atoms with E-state index in [1.165, 1.54) is 17.0 Å². The van der Waals surface area contributed by atoms with E-state index in [2.05, 4.69) is 0 Å². The van der Waals surface area contributed by atoms with Crippen LogP contribution in [0.1, 0.15) is 48.5 Å². The first-order chi connectivity index (χ1) is 48.9. The number of hydrogen-bond donors (Lipinski definition) is 2. The third-order valence-electron chi connectivity index (χ3n) is 16.0. The molecule has 0 aliphatic carbocycles. The number of nitrogens with zero attached hydrogens (tertiary/aromatic N) is 1. The van der Waals surface area contributed by atoms with Crippen molar-refractivity contribution in [3.8, 4) is 69.0 Å². The predicted octanol–water partition coefficient (Wildman–Crippen LogP) is 12.6. The van der Waals surface area contributed by atoms with Crippen molar-refractivity contribution in [2.24, 2.45) is 5.73 Å². The Balaban J connectivity index is 0.000000129. The lowest BCUT2D eigenvalue weighted by molar-refractivity contribution is 0.0428. The average molecular weight is 1370 g/mol. The molecular weight excluding hydrogens is 1300 g/mol. The van der Waals surface area contributed by atoms with Crippen molar-refractivity contribution in [2.45, 2.75) is 62.7 Å².